The van der Waals surface area contributed by atoms with Gasteiger partial charge in [-0.1, -0.05) is 24.3 Å². The van der Waals surface area contributed by atoms with Crippen LogP contribution in [0.1, 0.15) is 5.01 Å². The fourth-order valence-electron chi connectivity index (χ4n) is 3.61. The predicted molar refractivity (Wildman–Crippen MR) is 124 cm³/mol. The Morgan fingerprint density at radius 2 is 1.78 bits per heavy atom. The van der Waals surface area contributed by atoms with Crippen molar-refractivity contribution in [2.75, 3.05) is 47.0 Å². The fourth-order valence-corrected chi connectivity index (χ4v) is 4.46. The van der Waals surface area contributed by atoms with Crippen LogP contribution in [-0.4, -0.2) is 67.7 Å². The number of hydrogen-bond donors (Lipinski definition) is 0. The Morgan fingerprint density at radius 3 is 2.53 bits per heavy atom. The average Bonchev–Trinajstić information content (AvgIpc) is 3.31. The van der Waals surface area contributed by atoms with E-state index in [-0.39, 0.29) is 12.5 Å². The molecule has 168 valence electrons. The van der Waals surface area contributed by atoms with Gasteiger partial charge in [0, 0.05) is 37.1 Å². The number of benzene rings is 2. The molecule has 7 nitrogen and oxygen atoms in total. The quantitative estimate of drug-likeness (QED) is 0.520. The molecular weight excluding hydrogens is 426 g/mol. The highest BCUT2D eigenvalue weighted by atomic mass is 32.1. The highest BCUT2D eigenvalue weighted by molar-refractivity contribution is 7.09. The first-order chi connectivity index (χ1) is 15.7. The minimum Gasteiger partial charge on any atom is -0.497 e. The fraction of sp³-hybridized carbons (Fsp3) is 0.333. The van der Waals surface area contributed by atoms with Crippen LogP contribution < -0.4 is 14.2 Å². The summed E-state index contributed by atoms with van der Waals surface area (Å²) in [6.07, 6.45) is 0. The van der Waals surface area contributed by atoms with Gasteiger partial charge in [-0.3, -0.25) is 9.69 Å². The van der Waals surface area contributed by atoms with Crippen LogP contribution in [0.4, 0.5) is 0 Å². The highest BCUT2D eigenvalue weighted by Crippen LogP contribution is 2.27. The lowest BCUT2D eigenvalue weighted by Crippen LogP contribution is -2.49. The van der Waals surface area contributed by atoms with E-state index in [0.717, 1.165) is 41.6 Å². The number of piperazine rings is 1. The van der Waals surface area contributed by atoms with Crippen LogP contribution in [0.2, 0.25) is 0 Å². The van der Waals surface area contributed by atoms with Crippen LogP contribution in [0.5, 0.6) is 17.2 Å². The number of amides is 1. The molecule has 8 heteroatoms. The Balaban J connectivity index is 1.26. The van der Waals surface area contributed by atoms with Gasteiger partial charge in [0.05, 0.1) is 26.5 Å². The van der Waals surface area contributed by atoms with E-state index in [1.165, 1.54) is 0 Å². The molecule has 1 aliphatic heterocycles. The van der Waals surface area contributed by atoms with Crippen molar-refractivity contribution in [1.29, 1.82) is 0 Å². The number of hydrogen-bond acceptors (Lipinski definition) is 7. The standard InChI is InChI=1S/C24H27N3O4S/c1-29-19-7-5-6-18(14-19)20-17-32-23(25-20)15-26-10-12-27(13-11-26)24(28)16-31-22-9-4-3-8-21(22)30-2/h3-9,14,17H,10-13,15-16H2,1-2H3. The molecule has 1 saturated heterocycles. The zero-order valence-electron chi connectivity index (χ0n) is 18.3. The van der Waals surface area contributed by atoms with Crippen molar-refractivity contribution in [3.8, 4) is 28.5 Å². The first-order valence-electron chi connectivity index (χ1n) is 10.5. The maximum atomic E-state index is 12.6. The lowest BCUT2D eigenvalue weighted by atomic mass is 10.2. The molecule has 1 aromatic heterocycles. The van der Waals surface area contributed by atoms with Gasteiger partial charge in [-0.05, 0) is 24.3 Å². The zero-order valence-corrected chi connectivity index (χ0v) is 19.1. The van der Waals surface area contributed by atoms with Crippen LogP contribution in [0.25, 0.3) is 11.3 Å². The van der Waals surface area contributed by atoms with E-state index < -0.39 is 0 Å². The molecule has 3 aromatic rings. The van der Waals surface area contributed by atoms with Gasteiger partial charge < -0.3 is 19.1 Å². The Morgan fingerprint density at radius 1 is 1.00 bits per heavy atom. The van der Waals surface area contributed by atoms with Gasteiger partial charge in [-0.25, -0.2) is 4.98 Å². The van der Waals surface area contributed by atoms with E-state index in [9.17, 15) is 4.79 Å². The van der Waals surface area contributed by atoms with Crippen LogP contribution in [0, 0.1) is 0 Å². The Bertz CT molecular complexity index is 1050. The first-order valence-corrected chi connectivity index (χ1v) is 11.4. The molecule has 2 heterocycles. The SMILES string of the molecule is COc1cccc(-c2csc(CN3CCN(C(=O)COc4ccccc4OC)CC3)n2)c1. The smallest absolute Gasteiger partial charge is 0.260 e. The molecule has 0 spiro atoms. The van der Waals surface area contributed by atoms with Gasteiger partial charge in [0.15, 0.2) is 18.1 Å². The Hall–Kier alpha value is -3.10. The maximum absolute atomic E-state index is 12.6. The maximum Gasteiger partial charge on any atom is 0.260 e. The van der Waals surface area contributed by atoms with Crippen molar-refractivity contribution in [3.63, 3.8) is 0 Å². The summed E-state index contributed by atoms with van der Waals surface area (Å²) in [4.78, 5) is 21.6. The Kier molecular flexibility index (Phi) is 7.24. The molecule has 0 saturated carbocycles. The molecule has 1 fully saturated rings. The van der Waals surface area contributed by atoms with E-state index in [1.54, 1.807) is 31.6 Å². The molecule has 0 aliphatic carbocycles. The first kappa shape index (κ1) is 22.1. The number of nitrogens with zero attached hydrogens (tertiary/aromatic N) is 3. The lowest BCUT2D eigenvalue weighted by molar-refractivity contribution is -0.135. The number of methoxy groups -OCH3 is 2. The Labute approximate surface area is 192 Å². The van der Waals surface area contributed by atoms with Gasteiger partial charge in [0.1, 0.15) is 10.8 Å². The minimum atomic E-state index is -0.00915. The van der Waals surface area contributed by atoms with Crippen LogP contribution in [-0.2, 0) is 11.3 Å². The summed E-state index contributed by atoms with van der Waals surface area (Å²) in [5.41, 5.74) is 2.02. The number of carbonyl (C=O) groups excluding carboxylic acids is 1. The van der Waals surface area contributed by atoms with Crippen molar-refractivity contribution in [3.05, 3.63) is 58.9 Å². The molecule has 2 aromatic carbocycles. The second-order valence-corrected chi connectivity index (χ2v) is 8.40. The molecule has 0 N–H and O–H groups in total. The van der Waals surface area contributed by atoms with Crippen molar-refractivity contribution in [2.45, 2.75) is 6.54 Å². The molecule has 0 radical (unpaired) electrons. The second kappa shape index (κ2) is 10.5. The van der Waals surface area contributed by atoms with Crippen LogP contribution in [0.15, 0.2) is 53.9 Å². The number of thiazole rings is 1. The van der Waals surface area contributed by atoms with Gasteiger partial charge in [0.25, 0.3) is 5.91 Å². The largest absolute Gasteiger partial charge is 0.497 e. The van der Waals surface area contributed by atoms with Crippen LogP contribution in [0.3, 0.4) is 0 Å². The van der Waals surface area contributed by atoms with Gasteiger partial charge in [-0.2, -0.15) is 0 Å². The predicted octanol–water partition coefficient (Wildman–Crippen LogP) is 3.55. The summed E-state index contributed by atoms with van der Waals surface area (Å²) in [7, 11) is 3.26. The third-order valence-electron chi connectivity index (χ3n) is 5.42. The second-order valence-electron chi connectivity index (χ2n) is 7.45. The third-order valence-corrected chi connectivity index (χ3v) is 6.25. The van der Waals surface area contributed by atoms with E-state index in [2.05, 4.69) is 10.3 Å². The summed E-state index contributed by atoms with van der Waals surface area (Å²) in [6.45, 7) is 3.79. The summed E-state index contributed by atoms with van der Waals surface area (Å²) in [6, 6.07) is 15.3. The summed E-state index contributed by atoms with van der Waals surface area (Å²) in [5.74, 6) is 2.03. The molecule has 0 atom stereocenters. The topological polar surface area (TPSA) is 64.1 Å². The number of para-hydroxylation sites is 2. The molecule has 1 amide bonds. The van der Waals surface area contributed by atoms with Gasteiger partial charge in [0.2, 0.25) is 0 Å². The van der Waals surface area contributed by atoms with Crippen LogP contribution >= 0.6 is 11.3 Å². The monoisotopic (exact) mass is 453 g/mol. The molecule has 1 aliphatic rings. The van der Waals surface area contributed by atoms with E-state index in [4.69, 9.17) is 19.2 Å². The highest BCUT2D eigenvalue weighted by Gasteiger charge is 2.22. The number of aromatic nitrogens is 1. The van der Waals surface area contributed by atoms with Crippen molar-refractivity contribution >= 4 is 17.2 Å². The van der Waals surface area contributed by atoms with Gasteiger partial charge >= 0.3 is 0 Å². The van der Waals surface area contributed by atoms with Crippen molar-refractivity contribution in [1.82, 2.24) is 14.8 Å². The summed E-state index contributed by atoms with van der Waals surface area (Å²) < 4.78 is 16.3. The molecule has 0 unspecified atom stereocenters. The molecule has 32 heavy (non-hydrogen) atoms. The number of carbonyl (C=O) groups is 1. The van der Waals surface area contributed by atoms with E-state index in [0.29, 0.717) is 24.6 Å². The van der Waals surface area contributed by atoms with E-state index in [1.807, 2.05) is 47.4 Å². The van der Waals surface area contributed by atoms with Gasteiger partial charge in [-0.15, -0.1) is 11.3 Å². The minimum absolute atomic E-state index is 0.00915. The average molecular weight is 454 g/mol. The lowest BCUT2D eigenvalue weighted by Gasteiger charge is -2.34. The van der Waals surface area contributed by atoms with E-state index >= 15 is 0 Å². The molecular formula is C24H27N3O4S. The molecule has 4 rings (SSSR count). The summed E-state index contributed by atoms with van der Waals surface area (Å²) in [5, 5.41) is 3.15. The van der Waals surface area contributed by atoms with Crippen molar-refractivity contribution in [2.24, 2.45) is 0 Å². The number of ether oxygens (including phenoxy) is 3. The zero-order chi connectivity index (χ0) is 22.3. The normalized spacial score (nSPS) is 14.2. The number of rotatable bonds is 8. The third kappa shape index (κ3) is 5.38. The molecule has 0 bridgehead atoms. The van der Waals surface area contributed by atoms with Crippen molar-refractivity contribution < 1.29 is 19.0 Å². The summed E-state index contributed by atoms with van der Waals surface area (Å²) >= 11 is 1.66.